The minimum Gasteiger partial charge on any atom is -0.347 e. The second kappa shape index (κ2) is 7.01. The molecule has 0 saturated carbocycles. The predicted octanol–water partition coefficient (Wildman–Crippen LogP) is 5.37. The number of hydrogen-bond donors (Lipinski definition) is 1. The lowest BCUT2D eigenvalue weighted by molar-refractivity contribution is -0.137. The van der Waals surface area contributed by atoms with Gasteiger partial charge in [-0.25, -0.2) is 0 Å². The number of fused-ring (bicyclic) bond motifs is 1. The van der Waals surface area contributed by atoms with Crippen LogP contribution in [0.5, 0.6) is 0 Å². The Labute approximate surface area is 164 Å². The number of anilines is 1. The Bertz CT molecular complexity index is 930. The topological polar surface area (TPSA) is 20.2 Å². The van der Waals surface area contributed by atoms with Crippen LogP contribution >= 0.6 is 23.6 Å². The summed E-state index contributed by atoms with van der Waals surface area (Å²) in [6.45, 7) is 1.52. The molecule has 140 valence electrons. The lowest BCUT2D eigenvalue weighted by atomic mass is 10.1. The first kappa shape index (κ1) is 18.1. The summed E-state index contributed by atoms with van der Waals surface area (Å²) in [5, 5.41) is 5.62. The zero-order valence-corrected chi connectivity index (χ0v) is 15.7. The monoisotopic (exact) mass is 407 g/mol. The van der Waals surface area contributed by atoms with Gasteiger partial charge in [0.15, 0.2) is 5.11 Å². The van der Waals surface area contributed by atoms with Crippen LogP contribution in [0.4, 0.5) is 18.9 Å². The number of thiophene rings is 1. The molecule has 4 rings (SSSR count). The summed E-state index contributed by atoms with van der Waals surface area (Å²) in [6.07, 6.45) is -2.29. The third-order valence-corrected chi connectivity index (χ3v) is 5.84. The standard InChI is InChI=1S/C19H16F3N3S2/c20-19(21,22)13-5-7-14(8-6-13)23-18(26)25-11-10-24-9-1-3-15(24)17(25)16-4-2-12-27-16/h1-9,12,17H,10-11H2,(H,23,26)/t17-/m0/s1. The smallest absolute Gasteiger partial charge is 0.347 e. The summed E-state index contributed by atoms with van der Waals surface area (Å²) in [7, 11) is 0. The fraction of sp³-hybridized carbons (Fsp3) is 0.211. The molecule has 3 nitrogen and oxygen atoms in total. The van der Waals surface area contributed by atoms with E-state index < -0.39 is 11.7 Å². The van der Waals surface area contributed by atoms with E-state index in [1.54, 1.807) is 11.3 Å². The van der Waals surface area contributed by atoms with Crippen molar-refractivity contribution in [1.82, 2.24) is 9.47 Å². The number of rotatable bonds is 2. The second-order valence-corrected chi connectivity index (χ2v) is 7.61. The molecule has 0 radical (unpaired) electrons. The van der Waals surface area contributed by atoms with Gasteiger partial charge in [-0.3, -0.25) is 0 Å². The minimum atomic E-state index is -4.35. The van der Waals surface area contributed by atoms with Crippen LogP contribution in [0.1, 0.15) is 22.2 Å². The van der Waals surface area contributed by atoms with Crippen LogP contribution in [-0.2, 0) is 12.7 Å². The second-order valence-electron chi connectivity index (χ2n) is 6.24. The Morgan fingerprint density at radius 2 is 1.85 bits per heavy atom. The molecule has 8 heteroatoms. The SMILES string of the molecule is FC(F)(F)c1ccc(NC(=S)N2CCn3cccc3[C@H]2c2cccs2)cc1. The molecular formula is C19H16F3N3S2. The van der Waals surface area contributed by atoms with Crippen LogP contribution in [0, 0.1) is 0 Å². The van der Waals surface area contributed by atoms with Gasteiger partial charge in [-0.2, -0.15) is 13.2 Å². The van der Waals surface area contributed by atoms with E-state index in [9.17, 15) is 13.2 Å². The van der Waals surface area contributed by atoms with E-state index in [1.165, 1.54) is 17.0 Å². The van der Waals surface area contributed by atoms with Crippen molar-refractivity contribution in [3.63, 3.8) is 0 Å². The van der Waals surface area contributed by atoms with Gasteiger partial charge in [-0.05, 0) is 60.1 Å². The van der Waals surface area contributed by atoms with Gasteiger partial charge >= 0.3 is 6.18 Å². The summed E-state index contributed by atoms with van der Waals surface area (Å²) in [5.41, 5.74) is 1.02. The molecule has 0 amide bonds. The summed E-state index contributed by atoms with van der Waals surface area (Å²) >= 11 is 7.27. The highest BCUT2D eigenvalue weighted by molar-refractivity contribution is 7.80. The van der Waals surface area contributed by atoms with Crippen LogP contribution in [0.3, 0.4) is 0 Å². The largest absolute Gasteiger partial charge is 0.416 e. The highest BCUT2D eigenvalue weighted by Gasteiger charge is 2.32. The molecule has 3 heterocycles. The van der Waals surface area contributed by atoms with Crippen LogP contribution < -0.4 is 5.32 Å². The number of nitrogens with zero attached hydrogens (tertiary/aromatic N) is 2. The van der Waals surface area contributed by atoms with Crippen LogP contribution in [0.15, 0.2) is 60.1 Å². The lowest BCUT2D eigenvalue weighted by Crippen LogP contribution is -2.44. The Morgan fingerprint density at radius 3 is 2.52 bits per heavy atom. The lowest BCUT2D eigenvalue weighted by Gasteiger charge is -2.38. The summed E-state index contributed by atoms with van der Waals surface area (Å²) in [6, 6.07) is 13.1. The van der Waals surface area contributed by atoms with Crippen molar-refractivity contribution >= 4 is 34.4 Å². The normalized spacial score (nSPS) is 16.9. The van der Waals surface area contributed by atoms with Crippen molar-refractivity contribution in [2.24, 2.45) is 0 Å². The number of alkyl halides is 3. The average Bonchev–Trinajstić information content (AvgIpc) is 3.32. The molecule has 0 bridgehead atoms. The molecule has 0 aliphatic carbocycles. The van der Waals surface area contributed by atoms with E-state index in [0.717, 1.165) is 30.9 Å². The molecule has 1 aliphatic rings. The summed E-state index contributed by atoms with van der Waals surface area (Å²) in [5.74, 6) is 0. The van der Waals surface area contributed by atoms with Crippen LogP contribution in [0.2, 0.25) is 0 Å². The number of benzene rings is 1. The van der Waals surface area contributed by atoms with Crippen molar-refractivity contribution < 1.29 is 13.2 Å². The highest BCUT2D eigenvalue weighted by atomic mass is 32.1. The van der Waals surface area contributed by atoms with Crippen molar-refractivity contribution in [3.8, 4) is 0 Å². The fourth-order valence-corrected chi connectivity index (χ4v) is 4.45. The number of nitrogens with one attached hydrogen (secondary N) is 1. The summed E-state index contributed by atoms with van der Waals surface area (Å²) < 4.78 is 40.4. The van der Waals surface area contributed by atoms with Gasteiger partial charge in [0.1, 0.15) is 6.04 Å². The van der Waals surface area contributed by atoms with Gasteiger partial charge in [0.05, 0.1) is 5.56 Å². The molecule has 1 atom stereocenters. The Balaban J connectivity index is 1.57. The van der Waals surface area contributed by atoms with Gasteiger partial charge in [-0.1, -0.05) is 6.07 Å². The van der Waals surface area contributed by atoms with Gasteiger partial charge < -0.3 is 14.8 Å². The van der Waals surface area contributed by atoms with Crippen molar-refractivity contribution in [2.45, 2.75) is 18.8 Å². The Morgan fingerprint density at radius 1 is 1.07 bits per heavy atom. The van der Waals surface area contributed by atoms with Crippen LogP contribution in [-0.4, -0.2) is 21.1 Å². The quantitative estimate of drug-likeness (QED) is 0.577. The molecule has 3 aromatic rings. The van der Waals surface area contributed by atoms with E-state index in [-0.39, 0.29) is 6.04 Å². The molecule has 27 heavy (non-hydrogen) atoms. The van der Waals surface area contributed by atoms with Gasteiger partial charge in [0.2, 0.25) is 0 Å². The van der Waals surface area contributed by atoms with Gasteiger partial charge in [0.25, 0.3) is 0 Å². The molecule has 0 spiro atoms. The molecule has 1 aromatic carbocycles. The molecule has 0 unspecified atom stereocenters. The first-order valence-corrected chi connectivity index (χ1v) is 9.65. The number of hydrogen-bond acceptors (Lipinski definition) is 2. The minimum absolute atomic E-state index is 0.0109. The first-order chi connectivity index (χ1) is 12.9. The molecule has 0 fully saturated rings. The van der Waals surface area contributed by atoms with Crippen LogP contribution in [0.25, 0.3) is 0 Å². The Hall–Kier alpha value is -2.32. The van der Waals surface area contributed by atoms with E-state index in [1.807, 2.05) is 17.5 Å². The molecule has 2 aromatic heterocycles. The van der Waals surface area contributed by atoms with Crippen molar-refractivity contribution in [1.29, 1.82) is 0 Å². The van der Waals surface area contributed by atoms with E-state index in [4.69, 9.17) is 12.2 Å². The third kappa shape index (κ3) is 3.59. The average molecular weight is 407 g/mol. The first-order valence-electron chi connectivity index (χ1n) is 8.37. The fourth-order valence-electron chi connectivity index (χ4n) is 3.29. The number of halogens is 3. The Kier molecular flexibility index (Phi) is 4.69. The maximum Gasteiger partial charge on any atom is 0.416 e. The van der Waals surface area contributed by atoms with Crippen molar-refractivity contribution in [3.05, 3.63) is 76.2 Å². The number of aromatic nitrogens is 1. The van der Waals surface area contributed by atoms with E-state index in [2.05, 4.69) is 33.1 Å². The molecular weight excluding hydrogens is 391 g/mol. The van der Waals surface area contributed by atoms with Gasteiger partial charge in [-0.15, -0.1) is 11.3 Å². The van der Waals surface area contributed by atoms with Crippen molar-refractivity contribution in [2.75, 3.05) is 11.9 Å². The number of thiocarbonyl (C=S) groups is 1. The molecule has 1 aliphatic heterocycles. The molecule has 1 N–H and O–H groups in total. The zero-order valence-electron chi connectivity index (χ0n) is 14.1. The highest BCUT2D eigenvalue weighted by Crippen LogP contribution is 2.35. The van der Waals surface area contributed by atoms with E-state index >= 15 is 0 Å². The summed E-state index contributed by atoms with van der Waals surface area (Å²) in [4.78, 5) is 3.26. The maximum absolute atomic E-state index is 12.7. The van der Waals surface area contributed by atoms with E-state index in [0.29, 0.717) is 10.8 Å². The maximum atomic E-state index is 12.7. The van der Waals surface area contributed by atoms with Gasteiger partial charge in [0, 0.05) is 35.5 Å². The third-order valence-electron chi connectivity index (χ3n) is 4.58. The predicted molar refractivity (Wildman–Crippen MR) is 105 cm³/mol. The zero-order chi connectivity index (χ0) is 19.0. The molecule has 0 saturated heterocycles.